The molecule has 0 aliphatic carbocycles. The van der Waals surface area contributed by atoms with E-state index in [1.165, 1.54) is 0 Å². The molecule has 0 rings (SSSR count). The maximum Gasteiger partial charge on any atom is 0.122 e. The molecule has 0 aliphatic heterocycles. The van der Waals surface area contributed by atoms with Gasteiger partial charge in [0.05, 0.1) is 0 Å². The summed E-state index contributed by atoms with van der Waals surface area (Å²) >= 11 is 0. The van der Waals surface area contributed by atoms with Crippen LogP contribution in [0.15, 0.2) is 0 Å². The normalized spacial score (nSPS) is 11.3. The number of carbonyl (C=O) groups is 1. The van der Waals surface area contributed by atoms with Crippen molar-refractivity contribution in [3.8, 4) is 11.8 Å². The molecular weight excluding hydrogens is 112 g/mol. The second kappa shape index (κ2) is 5.37. The van der Waals surface area contributed by atoms with Gasteiger partial charge in [0.2, 0.25) is 0 Å². The topological polar surface area (TPSA) is 17.1 Å². The Morgan fingerprint density at radius 2 is 2.33 bits per heavy atom. The van der Waals surface area contributed by atoms with Gasteiger partial charge in [0.15, 0.2) is 0 Å². The van der Waals surface area contributed by atoms with Crippen LogP contribution in [0.3, 0.4) is 0 Å². The molecule has 1 heteroatoms. The van der Waals surface area contributed by atoms with Crippen LogP contribution in [0.25, 0.3) is 0 Å². The smallest absolute Gasteiger partial charge is 0.122 e. The highest BCUT2D eigenvalue weighted by atomic mass is 16.1. The summed E-state index contributed by atoms with van der Waals surface area (Å²) in [6.07, 6.45) is 2.71. The summed E-state index contributed by atoms with van der Waals surface area (Å²) in [5, 5.41) is 0. The Morgan fingerprint density at radius 1 is 1.67 bits per heavy atom. The molecule has 0 N–H and O–H groups in total. The summed E-state index contributed by atoms with van der Waals surface area (Å²) in [5.41, 5.74) is 0. The van der Waals surface area contributed by atoms with E-state index in [0.717, 1.165) is 19.1 Å². The number of hydrogen-bond acceptors (Lipinski definition) is 1. The predicted molar refractivity (Wildman–Crippen MR) is 37.9 cm³/mol. The Bertz CT molecular complexity index is 127. The molecule has 0 saturated carbocycles. The van der Waals surface area contributed by atoms with E-state index in [9.17, 15) is 4.79 Å². The highest BCUT2D eigenvalue weighted by Crippen LogP contribution is 1.99. The first-order valence-corrected chi connectivity index (χ1v) is 3.16. The lowest BCUT2D eigenvalue weighted by Gasteiger charge is -1.94. The Labute approximate surface area is 56.5 Å². The maximum atomic E-state index is 10.1. The Balaban J connectivity index is 3.23. The van der Waals surface area contributed by atoms with Crippen LogP contribution in [0.4, 0.5) is 0 Å². The highest BCUT2D eigenvalue weighted by molar-refractivity contribution is 5.52. The van der Waals surface area contributed by atoms with E-state index in [1.54, 1.807) is 0 Å². The third-order valence-corrected chi connectivity index (χ3v) is 1.13. The molecule has 9 heavy (non-hydrogen) atoms. The van der Waals surface area contributed by atoms with E-state index in [1.807, 2.05) is 13.8 Å². The molecule has 0 amide bonds. The number of hydrogen-bond donors (Lipinski definition) is 0. The molecule has 0 heterocycles. The minimum Gasteiger partial charge on any atom is -0.303 e. The van der Waals surface area contributed by atoms with Crippen molar-refractivity contribution in [1.82, 2.24) is 0 Å². The van der Waals surface area contributed by atoms with Crippen molar-refractivity contribution in [1.29, 1.82) is 0 Å². The predicted octanol–water partition coefficient (Wildman–Crippen LogP) is 1.62. The van der Waals surface area contributed by atoms with Crippen molar-refractivity contribution >= 4 is 6.29 Å². The van der Waals surface area contributed by atoms with Gasteiger partial charge < -0.3 is 4.79 Å². The monoisotopic (exact) mass is 124 g/mol. The first-order valence-electron chi connectivity index (χ1n) is 3.16. The molecule has 1 atom stereocenters. The maximum absolute atomic E-state index is 10.1. The van der Waals surface area contributed by atoms with Gasteiger partial charge in [-0.25, -0.2) is 0 Å². The second-order valence-electron chi connectivity index (χ2n) is 2.08. The van der Waals surface area contributed by atoms with Gasteiger partial charge in [0, 0.05) is 12.3 Å². The molecule has 0 aromatic rings. The first kappa shape index (κ1) is 8.23. The molecule has 0 spiro atoms. The van der Waals surface area contributed by atoms with E-state index >= 15 is 0 Å². The zero-order chi connectivity index (χ0) is 7.11. The number of rotatable bonds is 3. The van der Waals surface area contributed by atoms with Crippen LogP contribution in [0.1, 0.15) is 26.7 Å². The van der Waals surface area contributed by atoms with Gasteiger partial charge in [-0.05, 0) is 13.3 Å². The Kier molecular flexibility index (Phi) is 4.91. The van der Waals surface area contributed by atoms with E-state index < -0.39 is 0 Å². The van der Waals surface area contributed by atoms with Gasteiger partial charge in [0.25, 0.3) is 0 Å². The van der Waals surface area contributed by atoms with Gasteiger partial charge in [-0.15, -0.1) is 11.8 Å². The lowest BCUT2D eigenvalue weighted by molar-refractivity contribution is -0.110. The minimum atomic E-state index is 0.172. The molecule has 0 aliphatic rings. The van der Waals surface area contributed by atoms with E-state index in [-0.39, 0.29) is 5.92 Å². The summed E-state index contributed by atoms with van der Waals surface area (Å²) in [5.74, 6) is 5.86. The van der Waals surface area contributed by atoms with Crippen molar-refractivity contribution in [3.05, 3.63) is 0 Å². The van der Waals surface area contributed by atoms with Crippen LogP contribution in [0, 0.1) is 17.8 Å². The van der Waals surface area contributed by atoms with Crippen molar-refractivity contribution in [2.24, 2.45) is 5.92 Å². The fraction of sp³-hybridized carbons (Fsp3) is 0.625. The number of carbonyl (C=O) groups excluding carboxylic acids is 1. The Morgan fingerprint density at radius 3 is 2.78 bits per heavy atom. The molecule has 0 fully saturated rings. The minimum absolute atomic E-state index is 0.172. The molecule has 0 aromatic carbocycles. The van der Waals surface area contributed by atoms with Crippen LogP contribution in [-0.4, -0.2) is 6.29 Å². The fourth-order valence-corrected chi connectivity index (χ4v) is 0.493. The van der Waals surface area contributed by atoms with Crippen LogP contribution >= 0.6 is 0 Å². The number of aldehydes is 1. The second-order valence-corrected chi connectivity index (χ2v) is 2.08. The van der Waals surface area contributed by atoms with Crippen LogP contribution in [0.5, 0.6) is 0 Å². The lowest BCUT2D eigenvalue weighted by Crippen LogP contribution is -1.93. The zero-order valence-electron chi connectivity index (χ0n) is 5.98. The summed E-state index contributed by atoms with van der Waals surface area (Å²) in [6.45, 7) is 3.72. The molecule has 0 saturated heterocycles. The molecule has 1 unspecified atom stereocenters. The average molecular weight is 124 g/mol. The third kappa shape index (κ3) is 5.10. The standard InChI is InChI=1S/C8H12O/c1-3-4-5-6-8(2)7-9/h7-8H,5-6H2,1-2H3. The molecular formula is C8H12O. The molecule has 1 nitrogen and oxygen atoms in total. The van der Waals surface area contributed by atoms with E-state index in [2.05, 4.69) is 11.8 Å². The van der Waals surface area contributed by atoms with Crippen molar-refractivity contribution in [2.45, 2.75) is 26.7 Å². The van der Waals surface area contributed by atoms with Gasteiger partial charge in [-0.2, -0.15) is 0 Å². The average Bonchev–Trinajstić information content (AvgIpc) is 1.89. The van der Waals surface area contributed by atoms with Gasteiger partial charge in [0.1, 0.15) is 6.29 Å². The molecule has 0 radical (unpaired) electrons. The fourth-order valence-electron chi connectivity index (χ4n) is 0.493. The van der Waals surface area contributed by atoms with Crippen molar-refractivity contribution in [2.75, 3.05) is 0 Å². The molecule has 0 bridgehead atoms. The van der Waals surface area contributed by atoms with Crippen LogP contribution in [0.2, 0.25) is 0 Å². The summed E-state index contributed by atoms with van der Waals surface area (Å²) < 4.78 is 0. The van der Waals surface area contributed by atoms with E-state index in [0.29, 0.717) is 0 Å². The Hall–Kier alpha value is -0.770. The third-order valence-electron chi connectivity index (χ3n) is 1.13. The van der Waals surface area contributed by atoms with Crippen molar-refractivity contribution in [3.63, 3.8) is 0 Å². The first-order chi connectivity index (χ1) is 4.31. The zero-order valence-corrected chi connectivity index (χ0v) is 5.98. The summed E-state index contributed by atoms with van der Waals surface area (Å²) in [6, 6.07) is 0. The molecule has 0 aromatic heterocycles. The quantitative estimate of drug-likeness (QED) is 0.413. The van der Waals surface area contributed by atoms with Crippen LogP contribution < -0.4 is 0 Å². The van der Waals surface area contributed by atoms with Gasteiger partial charge in [-0.1, -0.05) is 6.92 Å². The highest BCUT2D eigenvalue weighted by Gasteiger charge is 1.94. The van der Waals surface area contributed by atoms with Gasteiger partial charge in [-0.3, -0.25) is 0 Å². The molecule has 50 valence electrons. The largest absolute Gasteiger partial charge is 0.303 e. The van der Waals surface area contributed by atoms with E-state index in [4.69, 9.17) is 0 Å². The van der Waals surface area contributed by atoms with Crippen molar-refractivity contribution < 1.29 is 4.79 Å². The van der Waals surface area contributed by atoms with Crippen LogP contribution in [-0.2, 0) is 4.79 Å². The lowest BCUT2D eigenvalue weighted by atomic mass is 10.1. The SMILES string of the molecule is CC#CCCC(C)C=O. The van der Waals surface area contributed by atoms with Gasteiger partial charge >= 0.3 is 0 Å². The summed E-state index contributed by atoms with van der Waals surface area (Å²) in [7, 11) is 0. The summed E-state index contributed by atoms with van der Waals surface area (Å²) in [4.78, 5) is 10.1.